The van der Waals surface area contributed by atoms with E-state index in [4.69, 9.17) is 0 Å². The Morgan fingerprint density at radius 2 is 0.667 bits per heavy atom. The number of halogens is 14. The molecule has 0 heterocycles. The molecule has 0 amide bonds. The van der Waals surface area contributed by atoms with Gasteiger partial charge < -0.3 is 10.2 Å². The molecule has 0 N–H and O–H groups in total. The SMILES string of the molecule is CC(C)(C)C([O-])=CC(=O)C(F)(F)C(F)(F)C(F)(F)F.CC(C)(C)C([O-])=CC(=O)C(F)(F)C(F)(F)C(F)(F)F.[Ca+2]. The van der Waals surface area contributed by atoms with Gasteiger partial charge >= 0.3 is 73.8 Å². The van der Waals surface area contributed by atoms with Gasteiger partial charge in [-0.05, 0) is 23.0 Å². The predicted molar refractivity (Wildman–Crippen MR) is 103 cm³/mol. The fourth-order valence-electron chi connectivity index (χ4n) is 1.52. The maximum atomic E-state index is 12.8. The number of ketones is 2. The van der Waals surface area contributed by atoms with Crippen LogP contribution in [0, 0.1) is 10.8 Å². The second-order valence-corrected chi connectivity index (χ2v) is 9.54. The Hall–Kier alpha value is -1.30. The Kier molecular flexibility index (Phi) is 13.7. The summed E-state index contributed by atoms with van der Waals surface area (Å²) >= 11 is 0. The van der Waals surface area contributed by atoms with Gasteiger partial charge in [0.1, 0.15) is 0 Å². The Bertz CT molecular complexity index is 858. The van der Waals surface area contributed by atoms with Crippen molar-refractivity contribution in [3.63, 3.8) is 0 Å². The molecule has 0 aromatic rings. The van der Waals surface area contributed by atoms with Crippen LogP contribution >= 0.6 is 0 Å². The monoisotopic (exact) mass is 630 g/mol. The summed E-state index contributed by atoms with van der Waals surface area (Å²) < 4.78 is 172. The third kappa shape index (κ3) is 9.93. The van der Waals surface area contributed by atoms with E-state index in [1.54, 1.807) is 0 Å². The van der Waals surface area contributed by atoms with Crippen LogP contribution < -0.4 is 10.2 Å². The first-order valence-corrected chi connectivity index (χ1v) is 9.62. The molecule has 0 spiro atoms. The Labute approximate surface area is 242 Å². The van der Waals surface area contributed by atoms with Crippen molar-refractivity contribution in [3.8, 4) is 0 Å². The molecule has 39 heavy (non-hydrogen) atoms. The predicted octanol–water partition coefficient (Wildman–Crippen LogP) is 4.98. The van der Waals surface area contributed by atoms with Gasteiger partial charge in [0, 0.05) is 0 Å². The summed E-state index contributed by atoms with van der Waals surface area (Å²) in [7, 11) is 0. The molecule has 0 saturated carbocycles. The van der Waals surface area contributed by atoms with Crippen LogP contribution in [0.25, 0.3) is 0 Å². The number of carbonyl (C=O) groups is 2. The number of carbonyl (C=O) groups excluding carboxylic acids is 2. The molecule has 0 bridgehead atoms. The van der Waals surface area contributed by atoms with Gasteiger partial charge in [-0.15, -0.1) is 11.5 Å². The molecule has 0 saturated heterocycles. The van der Waals surface area contributed by atoms with Crippen molar-refractivity contribution >= 4 is 49.3 Å². The fourth-order valence-corrected chi connectivity index (χ4v) is 1.52. The van der Waals surface area contributed by atoms with Crippen LogP contribution in [0.4, 0.5) is 61.5 Å². The molecule has 0 fully saturated rings. The van der Waals surface area contributed by atoms with E-state index in [0.717, 1.165) is 0 Å². The molecule has 0 aromatic carbocycles. The Balaban J connectivity index is -0.000000648. The van der Waals surface area contributed by atoms with E-state index >= 15 is 0 Å². The normalized spacial score (nSPS) is 15.2. The van der Waals surface area contributed by atoms with E-state index in [-0.39, 0.29) is 37.7 Å². The summed E-state index contributed by atoms with van der Waals surface area (Å²) in [6.45, 7) is 7.08. The molecule has 0 aliphatic carbocycles. The van der Waals surface area contributed by atoms with Gasteiger partial charge in [0.15, 0.2) is 0 Å². The summed E-state index contributed by atoms with van der Waals surface area (Å²) in [6.07, 6.45) is -14.1. The summed E-state index contributed by atoms with van der Waals surface area (Å²) in [4.78, 5) is 21.6. The molecule has 4 nitrogen and oxygen atoms in total. The quantitative estimate of drug-likeness (QED) is 0.180. The average Bonchev–Trinajstić information content (AvgIpc) is 2.64. The third-order valence-electron chi connectivity index (χ3n) is 4.12. The van der Waals surface area contributed by atoms with Crippen molar-refractivity contribution in [3.05, 3.63) is 23.7 Å². The van der Waals surface area contributed by atoms with Gasteiger partial charge in [0.05, 0.1) is 0 Å². The summed E-state index contributed by atoms with van der Waals surface area (Å²) in [5, 5.41) is 22.3. The van der Waals surface area contributed by atoms with Crippen molar-refractivity contribution in [2.75, 3.05) is 0 Å². The largest absolute Gasteiger partial charge is 2.00 e. The van der Waals surface area contributed by atoms with Crippen LogP contribution in [0.5, 0.6) is 0 Å². The number of allylic oxidation sites excluding steroid dienone is 4. The van der Waals surface area contributed by atoms with Gasteiger partial charge in [-0.2, -0.15) is 61.5 Å². The zero-order valence-electron chi connectivity index (χ0n) is 20.8. The van der Waals surface area contributed by atoms with Gasteiger partial charge in [-0.3, -0.25) is 9.59 Å². The van der Waals surface area contributed by atoms with Crippen molar-refractivity contribution in [2.24, 2.45) is 10.8 Å². The molecule has 0 radical (unpaired) electrons. The van der Waals surface area contributed by atoms with Crippen LogP contribution in [-0.4, -0.2) is 85.3 Å². The molecule has 0 aliphatic rings. The van der Waals surface area contributed by atoms with Crippen LogP contribution in [-0.2, 0) is 9.59 Å². The summed E-state index contributed by atoms with van der Waals surface area (Å²) in [5.41, 5.74) is -2.72. The minimum Gasteiger partial charge on any atom is -0.875 e. The van der Waals surface area contributed by atoms with Gasteiger partial charge in [0.2, 0.25) is 11.6 Å². The van der Waals surface area contributed by atoms with Crippen LogP contribution in [0.1, 0.15) is 41.5 Å². The van der Waals surface area contributed by atoms with Crippen LogP contribution in [0.15, 0.2) is 23.7 Å². The van der Waals surface area contributed by atoms with Crippen molar-refractivity contribution in [1.82, 2.24) is 0 Å². The van der Waals surface area contributed by atoms with Gasteiger partial charge in [-0.1, -0.05) is 41.5 Å². The van der Waals surface area contributed by atoms with E-state index in [2.05, 4.69) is 0 Å². The first-order valence-electron chi connectivity index (χ1n) is 9.62. The second kappa shape index (κ2) is 12.7. The van der Waals surface area contributed by atoms with E-state index in [9.17, 15) is 81.3 Å². The standard InChI is InChI=1S/2C10H11F7O2.Ca/c2*1-7(2,3)5(18)4-6(19)8(11,12)9(13,14)10(15,16)17;/h2*4,18H,1-3H3;/q;;+2/p-2. The minimum absolute atomic E-state index is 0. The van der Waals surface area contributed by atoms with Gasteiger partial charge in [0.25, 0.3) is 0 Å². The van der Waals surface area contributed by atoms with E-state index < -0.39 is 82.1 Å². The molecule has 224 valence electrons. The van der Waals surface area contributed by atoms with Crippen molar-refractivity contribution < 1.29 is 81.3 Å². The minimum atomic E-state index is -6.61. The molecule has 0 aromatic heterocycles. The van der Waals surface area contributed by atoms with Crippen molar-refractivity contribution in [1.29, 1.82) is 0 Å². The first-order chi connectivity index (χ1) is 16.1. The average molecular weight is 630 g/mol. The molecular formula is C20H20CaF14O4. The van der Waals surface area contributed by atoms with E-state index in [0.29, 0.717) is 0 Å². The number of rotatable bonds is 6. The van der Waals surface area contributed by atoms with Crippen LogP contribution in [0.2, 0.25) is 0 Å². The zero-order valence-corrected chi connectivity index (χ0v) is 23.0. The maximum absolute atomic E-state index is 12.8. The summed E-state index contributed by atoms with van der Waals surface area (Å²) in [5.74, 6) is -33.5. The maximum Gasteiger partial charge on any atom is 2.00 e. The first kappa shape index (κ1) is 42.2. The molecular weight excluding hydrogens is 610 g/mol. The molecule has 0 aliphatic heterocycles. The fraction of sp³-hybridized carbons (Fsp3) is 0.700. The third-order valence-corrected chi connectivity index (χ3v) is 4.12. The molecule has 0 atom stereocenters. The van der Waals surface area contributed by atoms with E-state index in [1.807, 2.05) is 0 Å². The van der Waals surface area contributed by atoms with Crippen LogP contribution in [0.3, 0.4) is 0 Å². The number of alkyl halides is 14. The van der Waals surface area contributed by atoms with E-state index in [1.165, 1.54) is 41.5 Å². The smallest absolute Gasteiger partial charge is 0.875 e. The Morgan fingerprint density at radius 3 is 0.795 bits per heavy atom. The molecule has 0 unspecified atom stereocenters. The topological polar surface area (TPSA) is 80.3 Å². The molecule has 0 rings (SSSR count). The van der Waals surface area contributed by atoms with Crippen molar-refractivity contribution in [2.45, 2.75) is 77.6 Å². The molecule has 19 heteroatoms. The second-order valence-electron chi connectivity index (χ2n) is 9.54. The zero-order chi connectivity index (χ0) is 31.7. The number of hydrogen-bond donors (Lipinski definition) is 0. The van der Waals surface area contributed by atoms with Gasteiger partial charge in [-0.25, -0.2) is 0 Å². The Morgan fingerprint density at radius 1 is 0.487 bits per heavy atom. The number of hydrogen-bond acceptors (Lipinski definition) is 4. The summed E-state index contributed by atoms with van der Waals surface area (Å²) in [6, 6.07) is 0.